The standard InChI is InChI=1S/C6H6ClN.C6H11O6P/c7-5-1-3-6(8)4-2-5;1-6(5(7)10-2)3-11-13(8,9)12-4-6/h1-4H,8H2;3-4H2,1-2H3,(H,8,9). The van der Waals surface area contributed by atoms with Crippen LogP contribution in [0.15, 0.2) is 24.3 Å². The van der Waals surface area contributed by atoms with Crippen molar-refractivity contribution in [3.05, 3.63) is 29.3 Å². The quantitative estimate of drug-likeness (QED) is 0.459. The lowest BCUT2D eigenvalue weighted by molar-refractivity contribution is -0.159. The lowest BCUT2D eigenvalue weighted by atomic mass is 9.93. The Hall–Kier alpha value is -1.11. The van der Waals surface area contributed by atoms with Crippen molar-refractivity contribution in [1.29, 1.82) is 0 Å². The molecule has 2 rings (SSSR count). The van der Waals surface area contributed by atoms with Crippen molar-refractivity contribution in [1.82, 2.24) is 0 Å². The molecule has 118 valence electrons. The number of rotatable bonds is 1. The van der Waals surface area contributed by atoms with Crippen LogP contribution >= 0.6 is 19.4 Å². The van der Waals surface area contributed by atoms with Gasteiger partial charge in [0.15, 0.2) is 0 Å². The average Bonchev–Trinajstić information content (AvgIpc) is 2.45. The number of ether oxygens (including phenoxy) is 1. The predicted octanol–water partition coefficient (Wildman–Crippen LogP) is 2.24. The van der Waals surface area contributed by atoms with E-state index in [0.29, 0.717) is 0 Å². The number of hydrogen-bond acceptors (Lipinski definition) is 6. The highest BCUT2D eigenvalue weighted by atomic mass is 35.5. The van der Waals surface area contributed by atoms with Gasteiger partial charge in [-0.25, -0.2) is 4.57 Å². The minimum absolute atomic E-state index is 0.173. The monoisotopic (exact) mass is 337 g/mol. The molecule has 1 aromatic carbocycles. The summed E-state index contributed by atoms with van der Waals surface area (Å²) in [6.07, 6.45) is 0. The largest absolute Gasteiger partial charge is 0.472 e. The molecular weight excluding hydrogens is 321 g/mol. The average molecular weight is 338 g/mol. The number of phosphoric acid groups is 1. The zero-order chi connectivity index (χ0) is 16.1. The van der Waals surface area contributed by atoms with Gasteiger partial charge in [-0.1, -0.05) is 11.6 Å². The summed E-state index contributed by atoms with van der Waals surface area (Å²) >= 11 is 5.56. The van der Waals surface area contributed by atoms with E-state index in [-0.39, 0.29) is 13.2 Å². The third-order valence-electron chi connectivity index (χ3n) is 2.64. The summed E-state index contributed by atoms with van der Waals surface area (Å²) in [5.74, 6) is -0.521. The lowest BCUT2D eigenvalue weighted by Gasteiger charge is -2.31. The maximum Gasteiger partial charge on any atom is 0.472 e. The summed E-state index contributed by atoms with van der Waals surface area (Å²) in [5.41, 5.74) is 5.12. The number of halogens is 1. The Kier molecular flexibility index (Phi) is 6.19. The molecule has 0 bridgehead atoms. The number of carbonyl (C=O) groups excluding carboxylic acids is 1. The maximum absolute atomic E-state index is 11.1. The Balaban J connectivity index is 0.000000235. The van der Waals surface area contributed by atoms with E-state index in [1.54, 1.807) is 24.3 Å². The molecule has 1 aliphatic heterocycles. The van der Waals surface area contributed by atoms with Gasteiger partial charge in [0.2, 0.25) is 0 Å². The molecule has 0 unspecified atom stereocenters. The van der Waals surface area contributed by atoms with Gasteiger partial charge in [-0.15, -0.1) is 0 Å². The topological polar surface area (TPSA) is 108 Å². The highest BCUT2D eigenvalue weighted by molar-refractivity contribution is 7.47. The second-order valence-corrected chi connectivity index (χ2v) is 6.51. The van der Waals surface area contributed by atoms with E-state index in [0.717, 1.165) is 10.7 Å². The molecular formula is C12H17ClNO6P. The number of nitrogens with two attached hydrogens (primary N) is 1. The van der Waals surface area contributed by atoms with Crippen molar-refractivity contribution in [3.8, 4) is 0 Å². The summed E-state index contributed by atoms with van der Waals surface area (Å²) in [7, 11) is -2.69. The lowest BCUT2D eigenvalue weighted by Crippen LogP contribution is -2.40. The Morgan fingerprint density at radius 2 is 1.86 bits per heavy atom. The van der Waals surface area contributed by atoms with Crippen LogP contribution in [0.4, 0.5) is 5.69 Å². The van der Waals surface area contributed by atoms with Crippen LogP contribution in [0.3, 0.4) is 0 Å². The van der Waals surface area contributed by atoms with Crippen LogP contribution in [-0.2, 0) is 23.1 Å². The Bertz CT molecular complexity index is 502. The summed E-state index contributed by atoms with van der Waals surface area (Å²) in [4.78, 5) is 20.0. The normalized spacial score (nSPS) is 28.2. The maximum atomic E-state index is 11.1. The smallest absolute Gasteiger partial charge is 0.468 e. The van der Waals surface area contributed by atoms with Crippen LogP contribution in [0.5, 0.6) is 0 Å². The zero-order valence-corrected chi connectivity index (χ0v) is 13.3. The molecule has 1 heterocycles. The van der Waals surface area contributed by atoms with E-state index in [9.17, 15) is 9.36 Å². The Morgan fingerprint density at radius 1 is 1.38 bits per heavy atom. The number of phosphoric ester groups is 1. The molecule has 0 amide bonds. The predicted molar refractivity (Wildman–Crippen MR) is 77.7 cm³/mol. The number of hydrogen-bond donors (Lipinski definition) is 2. The number of carbonyl (C=O) groups is 1. The van der Waals surface area contributed by atoms with Crippen LogP contribution in [0.2, 0.25) is 5.02 Å². The molecule has 0 aromatic heterocycles. The molecule has 1 aliphatic rings. The molecule has 21 heavy (non-hydrogen) atoms. The molecule has 1 aromatic rings. The first-order chi connectivity index (χ1) is 9.68. The minimum Gasteiger partial charge on any atom is -0.468 e. The van der Waals surface area contributed by atoms with Crippen molar-refractivity contribution < 1.29 is 28.0 Å². The fourth-order valence-electron chi connectivity index (χ4n) is 1.35. The summed E-state index contributed by atoms with van der Waals surface area (Å²) < 4.78 is 24.3. The van der Waals surface area contributed by atoms with E-state index in [4.69, 9.17) is 22.2 Å². The fraction of sp³-hybridized carbons (Fsp3) is 0.417. The van der Waals surface area contributed by atoms with Gasteiger partial charge in [0.25, 0.3) is 0 Å². The van der Waals surface area contributed by atoms with Crippen LogP contribution in [0.1, 0.15) is 6.92 Å². The fourth-order valence-corrected chi connectivity index (χ4v) is 2.45. The molecule has 1 fully saturated rings. The molecule has 0 atom stereocenters. The highest BCUT2D eigenvalue weighted by Gasteiger charge is 2.44. The third-order valence-corrected chi connectivity index (χ3v) is 3.80. The summed E-state index contributed by atoms with van der Waals surface area (Å²) in [6.45, 7) is 1.19. The molecule has 0 radical (unpaired) electrons. The van der Waals surface area contributed by atoms with Crippen molar-refractivity contribution in [2.45, 2.75) is 6.92 Å². The van der Waals surface area contributed by atoms with Crippen molar-refractivity contribution in [2.24, 2.45) is 5.41 Å². The van der Waals surface area contributed by atoms with Crippen LogP contribution in [0, 0.1) is 5.41 Å². The van der Waals surface area contributed by atoms with E-state index in [2.05, 4.69) is 13.8 Å². The number of nitrogen functional groups attached to an aromatic ring is 1. The van der Waals surface area contributed by atoms with Gasteiger partial charge in [-0.2, -0.15) is 0 Å². The number of methoxy groups -OCH3 is 1. The van der Waals surface area contributed by atoms with E-state index < -0.39 is 19.2 Å². The molecule has 0 saturated carbocycles. The Labute approximate surface area is 127 Å². The van der Waals surface area contributed by atoms with Gasteiger partial charge in [0.1, 0.15) is 5.41 Å². The molecule has 7 nitrogen and oxygen atoms in total. The van der Waals surface area contributed by atoms with Crippen LogP contribution in [0.25, 0.3) is 0 Å². The van der Waals surface area contributed by atoms with Gasteiger partial charge >= 0.3 is 13.8 Å². The van der Waals surface area contributed by atoms with Crippen molar-refractivity contribution in [2.75, 3.05) is 26.1 Å². The summed E-state index contributed by atoms with van der Waals surface area (Å²) in [6, 6.07) is 7.05. The molecule has 1 saturated heterocycles. The first-order valence-corrected chi connectivity index (χ1v) is 7.77. The van der Waals surface area contributed by atoms with Crippen molar-refractivity contribution >= 4 is 31.1 Å². The van der Waals surface area contributed by atoms with E-state index in [1.807, 2.05) is 0 Å². The van der Waals surface area contributed by atoms with Crippen molar-refractivity contribution in [3.63, 3.8) is 0 Å². The molecule has 9 heteroatoms. The number of anilines is 1. The highest BCUT2D eigenvalue weighted by Crippen LogP contribution is 2.49. The van der Waals surface area contributed by atoms with Gasteiger partial charge in [0.05, 0.1) is 20.3 Å². The second kappa shape index (κ2) is 7.24. The first kappa shape index (κ1) is 17.9. The van der Waals surface area contributed by atoms with Crippen LogP contribution in [-0.4, -0.2) is 31.2 Å². The molecule has 3 N–H and O–H groups in total. The molecule has 0 aliphatic carbocycles. The number of esters is 1. The molecule has 0 spiro atoms. The zero-order valence-electron chi connectivity index (χ0n) is 11.6. The van der Waals surface area contributed by atoms with Gasteiger partial charge in [-0.05, 0) is 31.2 Å². The first-order valence-electron chi connectivity index (χ1n) is 5.90. The minimum atomic E-state index is -3.92. The van der Waals surface area contributed by atoms with Crippen LogP contribution < -0.4 is 5.73 Å². The van der Waals surface area contributed by atoms with E-state index in [1.165, 1.54) is 14.0 Å². The number of benzene rings is 1. The second-order valence-electron chi connectivity index (χ2n) is 4.62. The van der Waals surface area contributed by atoms with E-state index >= 15 is 0 Å². The summed E-state index contributed by atoms with van der Waals surface area (Å²) in [5, 5.41) is 0.721. The van der Waals surface area contributed by atoms with Gasteiger partial charge in [0, 0.05) is 10.7 Å². The van der Waals surface area contributed by atoms with Gasteiger partial charge < -0.3 is 15.4 Å². The van der Waals surface area contributed by atoms with Gasteiger partial charge in [-0.3, -0.25) is 13.8 Å². The Morgan fingerprint density at radius 3 is 2.24 bits per heavy atom. The third kappa shape index (κ3) is 5.65. The SMILES string of the molecule is COC(=O)C1(C)COP(=O)(O)OC1.Nc1ccc(Cl)cc1.